The molecule has 0 aliphatic rings. The van der Waals surface area contributed by atoms with E-state index in [2.05, 4.69) is 0 Å². The second kappa shape index (κ2) is 5.77. The Morgan fingerprint density at radius 3 is 2.53 bits per heavy atom. The van der Waals surface area contributed by atoms with Crippen LogP contribution in [0.4, 0.5) is 18.9 Å². The van der Waals surface area contributed by atoms with E-state index in [4.69, 9.17) is 15.2 Å². The van der Waals surface area contributed by atoms with E-state index in [0.717, 1.165) is 6.07 Å². The monoisotopic (exact) mass is 249 g/mol. The van der Waals surface area contributed by atoms with Crippen molar-refractivity contribution in [2.75, 3.05) is 26.1 Å². The molecule has 0 spiro atoms. The minimum Gasteiger partial charge on any atom is -0.493 e. The average Bonchev–Trinajstić information content (AvgIpc) is 2.23. The number of nitrogen functional groups attached to an aromatic ring is 1. The van der Waals surface area contributed by atoms with Crippen LogP contribution in [0.5, 0.6) is 5.75 Å². The lowest BCUT2D eigenvalue weighted by molar-refractivity contribution is -0.138. The van der Waals surface area contributed by atoms with Crippen molar-refractivity contribution in [3.05, 3.63) is 23.8 Å². The molecule has 6 heteroatoms. The van der Waals surface area contributed by atoms with E-state index in [0.29, 0.717) is 13.0 Å². The molecule has 96 valence electrons. The van der Waals surface area contributed by atoms with Crippen LogP contribution in [-0.4, -0.2) is 20.3 Å². The van der Waals surface area contributed by atoms with Gasteiger partial charge in [-0.1, -0.05) is 0 Å². The van der Waals surface area contributed by atoms with Gasteiger partial charge in [0.2, 0.25) is 0 Å². The van der Waals surface area contributed by atoms with Crippen molar-refractivity contribution in [2.24, 2.45) is 0 Å². The molecular weight excluding hydrogens is 235 g/mol. The fourth-order valence-corrected chi connectivity index (χ4v) is 1.28. The van der Waals surface area contributed by atoms with Gasteiger partial charge >= 0.3 is 6.18 Å². The van der Waals surface area contributed by atoms with Gasteiger partial charge < -0.3 is 15.2 Å². The van der Waals surface area contributed by atoms with Gasteiger partial charge in [0.1, 0.15) is 5.75 Å². The summed E-state index contributed by atoms with van der Waals surface area (Å²) in [6, 6.07) is 3.29. The van der Waals surface area contributed by atoms with Crippen molar-refractivity contribution in [3.8, 4) is 5.75 Å². The molecule has 0 heterocycles. The molecule has 1 aromatic carbocycles. The van der Waals surface area contributed by atoms with Gasteiger partial charge in [0.25, 0.3) is 0 Å². The van der Waals surface area contributed by atoms with Crippen LogP contribution in [0.2, 0.25) is 0 Å². The second-order valence-corrected chi connectivity index (χ2v) is 3.45. The van der Waals surface area contributed by atoms with Crippen molar-refractivity contribution < 1.29 is 22.6 Å². The Bertz CT molecular complexity index is 366. The van der Waals surface area contributed by atoms with Gasteiger partial charge in [0.15, 0.2) is 0 Å². The largest absolute Gasteiger partial charge is 0.493 e. The van der Waals surface area contributed by atoms with Crippen molar-refractivity contribution in [1.29, 1.82) is 0 Å². The highest BCUT2D eigenvalue weighted by atomic mass is 19.4. The van der Waals surface area contributed by atoms with Crippen molar-refractivity contribution in [2.45, 2.75) is 12.6 Å². The number of nitrogens with two attached hydrogens (primary N) is 1. The lowest BCUT2D eigenvalue weighted by atomic mass is 10.2. The number of hydrogen-bond acceptors (Lipinski definition) is 3. The number of ether oxygens (including phenoxy) is 2. The van der Waals surface area contributed by atoms with E-state index in [9.17, 15) is 13.2 Å². The maximum atomic E-state index is 12.6. The first-order valence-electron chi connectivity index (χ1n) is 5.03. The average molecular weight is 249 g/mol. The number of rotatable bonds is 5. The van der Waals surface area contributed by atoms with Crippen molar-refractivity contribution >= 4 is 5.69 Å². The summed E-state index contributed by atoms with van der Waals surface area (Å²) >= 11 is 0. The maximum absolute atomic E-state index is 12.6. The summed E-state index contributed by atoms with van der Waals surface area (Å²) in [5, 5.41) is 0. The SMILES string of the molecule is COCCCOc1cc(N)ccc1C(F)(F)F. The molecule has 0 atom stereocenters. The van der Waals surface area contributed by atoms with Gasteiger partial charge in [-0.05, 0) is 12.1 Å². The molecule has 0 radical (unpaired) electrons. The van der Waals surface area contributed by atoms with Gasteiger partial charge in [0.05, 0.1) is 12.2 Å². The van der Waals surface area contributed by atoms with Gasteiger partial charge in [0, 0.05) is 31.9 Å². The molecule has 0 fully saturated rings. The third-order valence-electron chi connectivity index (χ3n) is 2.06. The van der Waals surface area contributed by atoms with Crippen LogP contribution >= 0.6 is 0 Å². The number of benzene rings is 1. The first-order chi connectivity index (χ1) is 7.95. The van der Waals surface area contributed by atoms with Gasteiger partial charge in [-0.25, -0.2) is 0 Å². The Kier molecular flexibility index (Phi) is 4.62. The minimum atomic E-state index is -4.44. The Labute approximate surface area is 97.3 Å². The fourth-order valence-electron chi connectivity index (χ4n) is 1.28. The zero-order chi connectivity index (χ0) is 12.9. The number of hydrogen-bond donors (Lipinski definition) is 1. The predicted octanol–water partition coefficient (Wildman–Crippen LogP) is 2.70. The first kappa shape index (κ1) is 13.6. The normalized spacial score (nSPS) is 11.5. The summed E-state index contributed by atoms with van der Waals surface area (Å²) in [5.41, 5.74) is 4.85. The lowest BCUT2D eigenvalue weighted by Crippen LogP contribution is -2.10. The summed E-state index contributed by atoms with van der Waals surface area (Å²) < 4.78 is 47.7. The van der Waals surface area contributed by atoms with Gasteiger partial charge in [-0.3, -0.25) is 0 Å². The highest BCUT2D eigenvalue weighted by Crippen LogP contribution is 2.37. The first-order valence-corrected chi connectivity index (χ1v) is 5.03. The molecule has 0 unspecified atom stereocenters. The third kappa shape index (κ3) is 4.14. The minimum absolute atomic E-state index is 0.153. The van der Waals surface area contributed by atoms with Crippen LogP contribution in [0.3, 0.4) is 0 Å². The van der Waals surface area contributed by atoms with Gasteiger partial charge in [-0.2, -0.15) is 13.2 Å². The molecule has 0 amide bonds. The molecule has 17 heavy (non-hydrogen) atoms. The molecule has 0 aliphatic carbocycles. The van der Waals surface area contributed by atoms with Crippen molar-refractivity contribution in [1.82, 2.24) is 0 Å². The lowest BCUT2D eigenvalue weighted by Gasteiger charge is -2.14. The zero-order valence-electron chi connectivity index (χ0n) is 9.38. The van der Waals surface area contributed by atoms with Crippen LogP contribution in [0.1, 0.15) is 12.0 Å². The predicted molar refractivity (Wildman–Crippen MR) is 57.8 cm³/mol. The molecular formula is C11H14F3NO2. The van der Waals surface area contributed by atoms with E-state index in [1.807, 2.05) is 0 Å². The summed E-state index contributed by atoms with van der Waals surface area (Å²) in [4.78, 5) is 0. The molecule has 0 aliphatic heterocycles. The van der Waals surface area contributed by atoms with Crippen molar-refractivity contribution in [3.63, 3.8) is 0 Å². The summed E-state index contributed by atoms with van der Waals surface area (Å²) in [7, 11) is 1.52. The number of alkyl halides is 3. The number of halogens is 3. The van der Waals surface area contributed by atoms with E-state index < -0.39 is 11.7 Å². The quantitative estimate of drug-likeness (QED) is 0.644. The molecule has 0 bridgehead atoms. The number of anilines is 1. The number of methoxy groups -OCH3 is 1. The molecule has 1 aromatic rings. The van der Waals surface area contributed by atoms with E-state index >= 15 is 0 Å². The molecule has 1 rings (SSSR count). The van der Waals surface area contributed by atoms with E-state index in [1.165, 1.54) is 19.2 Å². The zero-order valence-corrected chi connectivity index (χ0v) is 9.38. The Morgan fingerprint density at radius 2 is 1.94 bits per heavy atom. The van der Waals surface area contributed by atoms with Crippen LogP contribution in [0.25, 0.3) is 0 Å². The van der Waals surface area contributed by atoms with Crippen LogP contribution in [0, 0.1) is 0 Å². The molecule has 0 aromatic heterocycles. The third-order valence-corrected chi connectivity index (χ3v) is 2.06. The highest BCUT2D eigenvalue weighted by Gasteiger charge is 2.34. The van der Waals surface area contributed by atoms with Crippen LogP contribution < -0.4 is 10.5 Å². The molecule has 0 saturated carbocycles. The molecule has 0 saturated heterocycles. The van der Waals surface area contributed by atoms with Crippen LogP contribution in [0.15, 0.2) is 18.2 Å². The topological polar surface area (TPSA) is 44.5 Å². The fraction of sp³-hybridized carbons (Fsp3) is 0.455. The summed E-state index contributed by atoms with van der Waals surface area (Å²) in [5.74, 6) is -0.242. The van der Waals surface area contributed by atoms with E-state index in [-0.39, 0.29) is 18.0 Å². The molecule has 3 nitrogen and oxygen atoms in total. The summed E-state index contributed by atoms with van der Waals surface area (Å²) in [6.07, 6.45) is -3.92. The van der Waals surface area contributed by atoms with Gasteiger partial charge in [-0.15, -0.1) is 0 Å². The highest BCUT2D eigenvalue weighted by molar-refractivity contribution is 5.49. The smallest absolute Gasteiger partial charge is 0.419 e. The second-order valence-electron chi connectivity index (χ2n) is 3.45. The Hall–Kier alpha value is -1.43. The van der Waals surface area contributed by atoms with Crippen LogP contribution in [-0.2, 0) is 10.9 Å². The standard InChI is InChI=1S/C11H14F3NO2/c1-16-5-2-6-17-10-7-8(15)3-4-9(10)11(12,13)14/h3-4,7H,2,5-6,15H2,1H3. The maximum Gasteiger partial charge on any atom is 0.419 e. The van der Waals surface area contributed by atoms with E-state index in [1.54, 1.807) is 0 Å². The molecule has 2 N–H and O–H groups in total. The Balaban J connectivity index is 2.77. The summed E-state index contributed by atoms with van der Waals surface area (Å²) in [6.45, 7) is 0.587. The Morgan fingerprint density at radius 1 is 1.24 bits per heavy atom.